The number of pyridine rings is 1. The topological polar surface area (TPSA) is 96.5 Å². The molecule has 0 amide bonds. The standard InChI is InChI=1S/C32H27N5O3S2/c1-20-19-26(21(2)35(20)28-8-3-4-9-29(28)38)31-30(27-7-5-6-18-33-27)34-32(41)36(31)22-10-14-24(15-11-22)42-25-16-12-23(13-17-25)37(39)40/h3-19,30-31,38H,1-2H3,(H,34,41)/t30-,31+/m1/s1. The van der Waals surface area contributed by atoms with Crippen LogP contribution in [0.3, 0.4) is 0 Å². The van der Waals surface area contributed by atoms with Crippen molar-refractivity contribution in [1.82, 2.24) is 14.9 Å². The Morgan fingerprint density at radius 2 is 1.62 bits per heavy atom. The van der Waals surface area contributed by atoms with Crippen LogP contribution in [0.1, 0.15) is 34.7 Å². The molecular weight excluding hydrogens is 567 g/mol. The number of anilines is 1. The third kappa shape index (κ3) is 5.10. The minimum atomic E-state index is -0.398. The van der Waals surface area contributed by atoms with Crippen molar-refractivity contribution >= 4 is 40.5 Å². The predicted octanol–water partition coefficient (Wildman–Crippen LogP) is 7.43. The van der Waals surface area contributed by atoms with E-state index < -0.39 is 4.92 Å². The molecule has 2 aromatic heterocycles. The summed E-state index contributed by atoms with van der Waals surface area (Å²) in [6, 6.07) is 29.6. The van der Waals surface area contributed by atoms with Crippen LogP contribution in [0.4, 0.5) is 11.4 Å². The molecule has 0 radical (unpaired) electrons. The molecule has 3 heterocycles. The van der Waals surface area contributed by atoms with Crippen LogP contribution in [-0.4, -0.2) is 24.7 Å². The highest BCUT2D eigenvalue weighted by atomic mass is 32.2. The SMILES string of the molecule is Cc1cc([C@H]2[C@@H](c3ccccn3)NC(=S)N2c2ccc(Sc3ccc([N+](=O)[O-])cc3)cc2)c(C)n1-c1ccccc1O. The molecule has 0 unspecified atom stereocenters. The van der Waals surface area contributed by atoms with Gasteiger partial charge in [0.05, 0.1) is 28.4 Å². The Kier molecular flexibility index (Phi) is 7.40. The van der Waals surface area contributed by atoms with Crippen molar-refractivity contribution in [3.63, 3.8) is 0 Å². The van der Waals surface area contributed by atoms with Crippen molar-refractivity contribution in [1.29, 1.82) is 0 Å². The van der Waals surface area contributed by atoms with Crippen LogP contribution >= 0.6 is 24.0 Å². The molecule has 1 aliphatic heterocycles. The zero-order valence-electron chi connectivity index (χ0n) is 22.8. The lowest BCUT2D eigenvalue weighted by Gasteiger charge is -2.28. The minimum Gasteiger partial charge on any atom is -0.506 e. The van der Waals surface area contributed by atoms with Gasteiger partial charge in [-0.25, -0.2) is 0 Å². The molecule has 1 fully saturated rings. The maximum atomic E-state index is 11.0. The molecule has 3 aromatic carbocycles. The highest BCUT2D eigenvalue weighted by molar-refractivity contribution is 7.99. The van der Waals surface area contributed by atoms with E-state index in [4.69, 9.17) is 12.2 Å². The number of thiocarbonyl (C=S) groups is 1. The quantitative estimate of drug-likeness (QED) is 0.114. The van der Waals surface area contributed by atoms with E-state index in [1.807, 2.05) is 67.6 Å². The lowest BCUT2D eigenvalue weighted by Crippen LogP contribution is -2.29. The zero-order chi connectivity index (χ0) is 29.4. The monoisotopic (exact) mass is 593 g/mol. The number of phenols is 1. The largest absolute Gasteiger partial charge is 0.506 e. The molecule has 6 rings (SSSR count). The number of nitrogens with zero attached hydrogens (tertiary/aromatic N) is 4. The minimum absolute atomic E-state index is 0.0695. The summed E-state index contributed by atoms with van der Waals surface area (Å²) in [6.45, 7) is 4.10. The first-order valence-corrected chi connectivity index (χ1v) is 14.5. The second-order valence-corrected chi connectivity index (χ2v) is 11.5. The van der Waals surface area contributed by atoms with Gasteiger partial charge < -0.3 is 19.9 Å². The van der Waals surface area contributed by atoms with E-state index in [9.17, 15) is 15.2 Å². The summed E-state index contributed by atoms with van der Waals surface area (Å²) >= 11 is 7.46. The number of nitro groups is 1. The van der Waals surface area contributed by atoms with Crippen LogP contribution in [0, 0.1) is 24.0 Å². The van der Waals surface area contributed by atoms with Gasteiger partial charge in [-0.05, 0) is 98.4 Å². The van der Waals surface area contributed by atoms with Gasteiger partial charge in [-0.15, -0.1) is 0 Å². The van der Waals surface area contributed by atoms with Crippen molar-refractivity contribution in [2.45, 2.75) is 35.7 Å². The highest BCUT2D eigenvalue weighted by Crippen LogP contribution is 2.44. The molecule has 1 saturated heterocycles. The summed E-state index contributed by atoms with van der Waals surface area (Å²) in [5.74, 6) is 0.213. The average Bonchev–Trinajstić information content (AvgIpc) is 3.49. The Morgan fingerprint density at radius 3 is 2.26 bits per heavy atom. The third-order valence-corrected chi connectivity index (χ3v) is 8.74. The highest BCUT2D eigenvalue weighted by Gasteiger charge is 2.42. The van der Waals surface area contributed by atoms with Crippen LogP contribution < -0.4 is 10.2 Å². The van der Waals surface area contributed by atoms with Crippen molar-refractivity contribution in [2.24, 2.45) is 0 Å². The van der Waals surface area contributed by atoms with Crippen LogP contribution in [0.5, 0.6) is 5.75 Å². The fourth-order valence-electron chi connectivity index (χ4n) is 5.51. The Labute approximate surface area is 252 Å². The fourth-order valence-corrected chi connectivity index (χ4v) is 6.67. The number of aromatic nitrogens is 2. The van der Waals surface area contributed by atoms with Crippen molar-refractivity contribution < 1.29 is 10.0 Å². The zero-order valence-corrected chi connectivity index (χ0v) is 24.5. The first-order chi connectivity index (χ1) is 20.3. The van der Waals surface area contributed by atoms with Crippen LogP contribution in [0.25, 0.3) is 5.69 Å². The lowest BCUT2D eigenvalue weighted by atomic mass is 9.96. The molecule has 1 aliphatic rings. The Hall–Kier alpha value is -4.67. The molecule has 5 aromatic rings. The molecule has 8 nitrogen and oxygen atoms in total. The van der Waals surface area contributed by atoms with Crippen molar-refractivity contribution in [3.05, 3.63) is 136 Å². The van der Waals surface area contributed by atoms with Gasteiger partial charge in [-0.1, -0.05) is 30.0 Å². The van der Waals surface area contributed by atoms with Gasteiger partial charge in [0.1, 0.15) is 5.75 Å². The number of phenolic OH excluding ortho intramolecular Hbond substituents is 1. The molecular formula is C32H27N5O3S2. The normalized spacial score (nSPS) is 16.4. The van der Waals surface area contributed by atoms with Crippen LogP contribution in [0.15, 0.2) is 113 Å². The fraction of sp³-hybridized carbons (Fsp3) is 0.125. The molecule has 210 valence electrons. The number of nitrogens with one attached hydrogen (secondary N) is 1. The molecule has 2 atom stereocenters. The van der Waals surface area contributed by atoms with E-state index in [0.29, 0.717) is 5.11 Å². The van der Waals surface area contributed by atoms with E-state index in [2.05, 4.69) is 32.8 Å². The molecule has 10 heteroatoms. The number of hydrogen-bond acceptors (Lipinski definition) is 6. The number of rotatable bonds is 7. The second-order valence-electron chi connectivity index (χ2n) is 9.99. The first-order valence-electron chi connectivity index (χ1n) is 13.3. The van der Waals surface area contributed by atoms with Gasteiger partial charge in [0.15, 0.2) is 5.11 Å². The van der Waals surface area contributed by atoms with Crippen LogP contribution in [0.2, 0.25) is 0 Å². The van der Waals surface area contributed by atoms with Gasteiger partial charge in [0.2, 0.25) is 0 Å². The number of nitro benzene ring substituents is 1. The summed E-state index contributed by atoms with van der Waals surface area (Å²) in [7, 11) is 0. The first kappa shape index (κ1) is 27.5. The number of para-hydroxylation sites is 2. The van der Waals surface area contributed by atoms with Crippen molar-refractivity contribution in [2.75, 3.05) is 4.90 Å². The summed E-state index contributed by atoms with van der Waals surface area (Å²) in [5.41, 5.74) is 5.67. The maximum Gasteiger partial charge on any atom is 0.269 e. The van der Waals surface area contributed by atoms with Gasteiger partial charge in [0, 0.05) is 45.2 Å². The number of aryl methyl sites for hydroxylation is 1. The van der Waals surface area contributed by atoms with Gasteiger partial charge >= 0.3 is 0 Å². The van der Waals surface area contributed by atoms with Crippen molar-refractivity contribution in [3.8, 4) is 11.4 Å². The van der Waals surface area contributed by atoms with Gasteiger partial charge in [0.25, 0.3) is 5.69 Å². The molecule has 0 saturated carbocycles. The smallest absolute Gasteiger partial charge is 0.269 e. The second kappa shape index (κ2) is 11.3. The van der Waals surface area contributed by atoms with Gasteiger partial charge in [-0.2, -0.15) is 0 Å². The maximum absolute atomic E-state index is 11.0. The van der Waals surface area contributed by atoms with Crippen LogP contribution in [-0.2, 0) is 0 Å². The number of hydrogen-bond donors (Lipinski definition) is 2. The van der Waals surface area contributed by atoms with E-state index in [1.165, 1.54) is 23.9 Å². The molecule has 0 bridgehead atoms. The Morgan fingerprint density at radius 1 is 0.952 bits per heavy atom. The summed E-state index contributed by atoms with van der Waals surface area (Å²) in [6.07, 6.45) is 1.79. The van der Waals surface area contributed by atoms with E-state index in [1.54, 1.807) is 24.4 Å². The number of non-ortho nitro benzene ring substituents is 1. The molecule has 2 N–H and O–H groups in total. The Balaban J connectivity index is 1.38. The molecule has 0 spiro atoms. The average molecular weight is 594 g/mol. The van der Waals surface area contributed by atoms with Gasteiger partial charge in [-0.3, -0.25) is 15.1 Å². The predicted molar refractivity (Wildman–Crippen MR) is 169 cm³/mol. The summed E-state index contributed by atoms with van der Waals surface area (Å²) in [4.78, 5) is 19.3. The lowest BCUT2D eigenvalue weighted by molar-refractivity contribution is -0.384. The van der Waals surface area contributed by atoms with E-state index >= 15 is 0 Å². The molecule has 0 aliphatic carbocycles. The summed E-state index contributed by atoms with van der Waals surface area (Å²) < 4.78 is 2.07. The third-order valence-electron chi connectivity index (χ3n) is 7.41. The van der Waals surface area contributed by atoms with E-state index in [-0.39, 0.29) is 23.5 Å². The number of aromatic hydroxyl groups is 1. The van der Waals surface area contributed by atoms with E-state index in [0.717, 1.165) is 43.8 Å². The number of benzene rings is 3. The Bertz CT molecular complexity index is 1770. The summed E-state index contributed by atoms with van der Waals surface area (Å²) in [5, 5.41) is 25.8. The molecule has 42 heavy (non-hydrogen) atoms.